The highest BCUT2D eigenvalue weighted by molar-refractivity contribution is 4.90. The zero-order valence-electron chi connectivity index (χ0n) is 14.2. The molecule has 0 radical (unpaired) electrons. The summed E-state index contributed by atoms with van der Waals surface area (Å²) in [6, 6.07) is 0. The average Bonchev–Trinajstić information content (AvgIpc) is 2.87. The van der Waals surface area contributed by atoms with Crippen LogP contribution >= 0.6 is 0 Å². The maximum absolute atomic E-state index is 10.3. The summed E-state index contributed by atoms with van der Waals surface area (Å²) in [5.74, 6) is 0. The summed E-state index contributed by atoms with van der Waals surface area (Å²) in [6.45, 7) is 8.04. The van der Waals surface area contributed by atoms with E-state index in [9.17, 15) is 5.11 Å². The molecule has 0 spiro atoms. The Labute approximate surface area is 126 Å². The monoisotopic (exact) mass is 283 g/mol. The number of rotatable bonds is 11. The van der Waals surface area contributed by atoms with Crippen LogP contribution in [-0.4, -0.2) is 28.3 Å². The molecule has 0 aromatic carbocycles. The average molecular weight is 283 g/mol. The number of aliphatic hydroxyl groups is 1. The van der Waals surface area contributed by atoms with Crippen molar-refractivity contribution in [3.8, 4) is 0 Å². The summed E-state index contributed by atoms with van der Waals surface area (Å²) < 4.78 is 0. The molecule has 0 aromatic heterocycles. The van der Waals surface area contributed by atoms with Gasteiger partial charge in [0.15, 0.2) is 0 Å². The van der Waals surface area contributed by atoms with Crippen molar-refractivity contribution in [3.05, 3.63) is 0 Å². The highest BCUT2D eigenvalue weighted by Gasteiger charge is 2.37. The summed E-state index contributed by atoms with van der Waals surface area (Å²) in [5.41, 5.74) is 0.234. The minimum atomic E-state index is -0.183. The molecule has 1 aliphatic rings. The smallest absolute Gasteiger partial charge is 0.107 e. The van der Waals surface area contributed by atoms with Gasteiger partial charge >= 0.3 is 0 Å². The van der Waals surface area contributed by atoms with E-state index in [1.54, 1.807) is 0 Å². The molecule has 0 aromatic rings. The van der Waals surface area contributed by atoms with Crippen molar-refractivity contribution in [1.82, 2.24) is 4.90 Å². The van der Waals surface area contributed by atoms with Crippen LogP contribution in [0.2, 0.25) is 0 Å². The predicted octanol–water partition coefficient (Wildman–Crippen LogP) is 5.10. The van der Waals surface area contributed by atoms with Crippen LogP contribution in [0.15, 0.2) is 0 Å². The van der Waals surface area contributed by atoms with Crippen LogP contribution < -0.4 is 0 Å². The SMILES string of the molecule is CCCCCCC(C)(CCCCCC)N1CCCC1O. The number of likely N-dealkylation sites (tertiary alicyclic amines) is 1. The molecule has 2 heteroatoms. The molecule has 1 rings (SSSR count). The van der Waals surface area contributed by atoms with E-state index in [-0.39, 0.29) is 11.8 Å². The van der Waals surface area contributed by atoms with Gasteiger partial charge in [-0.3, -0.25) is 4.90 Å². The largest absolute Gasteiger partial charge is 0.378 e. The van der Waals surface area contributed by atoms with Crippen molar-refractivity contribution in [2.75, 3.05) is 6.54 Å². The molecule has 0 bridgehead atoms. The zero-order chi connectivity index (χ0) is 14.8. The highest BCUT2D eigenvalue weighted by Crippen LogP contribution is 2.34. The van der Waals surface area contributed by atoms with Gasteiger partial charge in [0.05, 0.1) is 0 Å². The fourth-order valence-corrected chi connectivity index (χ4v) is 3.66. The second kappa shape index (κ2) is 9.78. The molecule has 1 N–H and O–H groups in total. The third kappa shape index (κ3) is 5.73. The third-order valence-corrected chi connectivity index (χ3v) is 5.05. The minimum Gasteiger partial charge on any atom is -0.378 e. The Hall–Kier alpha value is -0.0800. The summed E-state index contributed by atoms with van der Waals surface area (Å²) in [6.07, 6.45) is 15.1. The van der Waals surface area contributed by atoms with Crippen LogP contribution in [0.3, 0.4) is 0 Å². The molecule has 1 aliphatic heterocycles. The first-order valence-electron chi connectivity index (χ1n) is 9.09. The van der Waals surface area contributed by atoms with Gasteiger partial charge in [-0.1, -0.05) is 65.2 Å². The van der Waals surface area contributed by atoms with Crippen molar-refractivity contribution >= 4 is 0 Å². The first-order chi connectivity index (χ1) is 9.64. The molecule has 0 amide bonds. The predicted molar refractivity (Wildman–Crippen MR) is 87.9 cm³/mol. The van der Waals surface area contributed by atoms with Gasteiger partial charge in [0.1, 0.15) is 6.23 Å². The Bertz CT molecular complexity index is 230. The van der Waals surface area contributed by atoms with Crippen LogP contribution in [-0.2, 0) is 0 Å². The van der Waals surface area contributed by atoms with Gasteiger partial charge in [-0.2, -0.15) is 0 Å². The molecule has 1 unspecified atom stereocenters. The van der Waals surface area contributed by atoms with E-state index >= 15 is 0 Å². The lowest BCUT2D eigenvalue weighted by Gasteiger charge is -2.41. The molecule has 120 valence electrons. The number of aliphatic hydroxyl groups excluding tert-OH is 1. The maximum atomic E-state index is 10.3. The van der Waals surface area contributed by atoms with Crippen molar-refractivity contribution in [2.45, 2.75) is 110 Å². The Morgan fingerprint density at radius 1 is 0.950 bits per heavy atom. The van der Waals surface area contributed by atoms with Crippen molar-refractivity contribution in [1.29, 1.82) is 0 Å². The fourth-order valence-electron chi connectivity index (χ4n) is 3.66. The Morgan fingerprint density at radius 2 is 1.50 bits per heavy atom. The lowest BCUT2D eigenvalue weighted by atomic mass is 9.86. The third-order valence-electron chi connectivity index (χ3n) is 5.05. The topological polar surface area (TPSA) is 23.5 Å². The first kappa shape index (κ1) is 18.0. The molecule has 0 saturated carbocycles. The van der Waals surface area contributed by atoms with E-state index < -0.39 is 0 Å². The van der Waals surface area contributed by atoms with Crippen molar-refractivity contribution < 1.29 is 5.11 Å². The summed E-state index contributed by atoms with van der Waals surface area (Å²) in [5, 5.41) is 10.3. The van der Waals surface area contributed by atoms with E-state index in [2.05, 4.69) is 25.7 Å². The van der Waals surface area contributed by atoms with E-state index in [1.807, 2.05) is 0 Å². The van der Waals surface area contributed by atoms with E-state index in [1.165, 1.54) is 70.6 Å². The van der Waals surface area contributed by atoms with Crippen LogP contribution in [0.4, 0.5) is 0 Å². The summed E-state index contributed by atoms with van der Waals surface area (Å²) in [7, 11) is 0. The van der Waals surface area contributed by atoms with Gasteiger partial charge in [-0.05, 0) is 32.6 Å². The lowest BCUT2D eigenvalue weighted by molar-refractivity contribution is -0.0416. The molecule has 1 heterocycles. The number of hydrogen-bond donors (Lipinski definition) is 1. The van der Waals surface area contributed by atoms with Crippen LogP contribution in [0.1, 0.15) is 97.8 Å². The fraction of sp³-hybridized carbons (Fsp3) is 1.00. The van der Waals surface area contributed by atoms with Crippen LogP contribution in [0.25, 0.3) is 0 Å². The molecule has 1 saturated heterocycles. The minimum absolute atomic E-state index is 0.183. The zero-order valence-corrected chi connectivity index (χ0v) is 14.2. The molecule has 1 fully saturated rings. The number of hydrogen-bond acceptors (Lipinski definition) is 2. The van der Waals surface area contributed by atoms with Gasteiger partial charge in [0, 0.05) is 12.1 Å². The second-order valence-electron chi connectivity index (χ2n) is 6.93. The van der Waals surface area contributed by atoms with E-state index in [4.69, 9.17) is 0 Å². The molecular formula is C18H37NO. The molecular weight excluding hydrogens is 246 g/mol. The van der Waals surface area contributed by atoms with E-state index in [0.29, 0.717) is 0 Å². The summed E-state index contributed by atoms with van der Waals surface area (Å²) >= 11 is 0. The Kier molecular flexibility index (Phi) is 8.79. The normalized spacial score (nSPS) is 20.7. The van der Waals surface area contributed by atoms with Crippen LogP contribution in [0, 0.1) is 0 Å². The molecule has 0 aliphatic carbocycles. The van der Waals surface area contributed by atoms with Gasteiger partial charge < -0.3 is 5.11 Å². The lowest BCUT2D eigenvalue weighted by Crippen LogP contribution is -2.49. The number of nitrogens with zero attached hydrogens (tertiary/aromatic N) is 1. The highest BCUT2D eigenvalue weighted by atomic mass is 16.3. The second-order valence-corrected chi connectivity index (χ2v) is 6.93. The molecule has 2 nitrogen and oxygen atoms in total. The number of unbranched alkanes of at least 4 members (excludes halogenated alkanes) is 6. The Balaban J connectivity index is 2.47. The maximum Gasteiger partial charge on any atom is 0.107 e. The van der Waals surface area contributed by atoms with Crippen molar-refractivity contribution in [3.63, 3.8) is 0 Å². The van der Waals surface area contributed by atoms with Crippen molar-refractivity contribution in [2.24, 2.45) is 0 Å². The quantitative estimate of drug-likeness (QED) is 0.533. The molecule has 1 atom stereocenters. The van der Waals surface area contributed by atoms with Gasteiger partial charge in [-0.25, -0.2) is 0 Å². The molecule has 20 heavy (non-hydrogen) atoms. The van der Waals surface area contributed by atoms with Crippen LogP contribution in [0.5, 0.6) is 0 Å². The first-order valence-corrected chi connectivity index (χ1v) is 9.09. The van der Waals surface area contributed by atoms with Gasteiger partial charge in [0.2, 0.25) is 0 Å². The standard InChI is InChI=1S/C18H37NO/c1-4-6-8-10-14-18(3,15-11-9-7-5-2)19-16-12-13-17(19)20/h17,20H,4-16H2,1-3H3. The van der Waals surface area contributed by atoms with Gasteiger partial charge in [-0.15, -0.1) is 0 Å². The van der Waals surface area contributed by atoms with Gasteiger partial charge in [0.25, 0.3) is 0 Å². The van der Waals surface area contributed by atoms with E-state index in [0.717, 1.165) is 13.0 Å². The summed E-state index contributed by atoms with van der Waals surface area (Å²) in [4.78, 5) is 2.41. The Morgan fingerprint density at radius 3 is 1.90 bits per heavy atom.